The van der Waals surface area contributed by atoms with Gasteiger partial charge in [-0.15, -0.1) is 11.3 Å². The fourth-order valence-electron chi connectivity index (χ4n) is 1.54. The summed E-state index contributed by atoms with van der Waals surface area (Å²) in [6.07, 6.45) is 7.08. The summed E-state index contributed by atoms with van der Waals surface area (Å²) in [5.41, 5.74) is 0.846. The van der Waals surface area contributed by atoms with E-state index in [1.165, 1.54) is 30.6 Å². The summed E-state index contributed by atoms with van der Waals surface area (Å²) in [6, 6.07) is 0. The van der Waals surface area contributed by atoms with Crippen molar-refractivity contribution >= 4 is 11.3 Å². The minimum Gasteiger partial charge on any atom is -0.448 e. The number of aromatic nitrogens is 2. The van der Waals surface area contributed by atoms with Gasteiger partial charge in [-0.25, -0.2) is 9.97 Å². The molecule has 0 spiro atoms. The third-order valence-electron chi connectivity index (χ3n) is 2.59. The summed E-state index contributed by atoms with van der Waals surface area (Å²) in [5.74, 6) is 1.43. The summed E-state index contributed by atoms with van der Waals surface area (Å²) < 4.78 is 5.43. The Bertz CT molecular complexity index is 417. The Morgan fingerprint density at radius 2 is 2.43 bits per heavy atom. The standard InChI is InChI=1S/C10H9N2OS/c1-2-7(3-1)9-12-8(6-13-9)10-11-4-5-14-10/h4,6-7H,1-3H2. The average molecular weight is 205 g/mol. The second-order valence-corrected chi connectivity index (χ2v) is 4.31. The molecule has 4 heteroatoms. The highest BCUT2D eigenvalue weighted by molar-refractivity contribution is 7.12. The molecule has 1 fully saturated rings. The molecule has 3 rings (SSSR count). The molecule has 2 aromatic heterocycles. The number of hydrogen-bond donors (Lipinski definition) is 0. The van der Waals surface area contributed by atoms with E-state index in [4.69, 9.17) is 4.42 Å². The lowest BCUT2D eigenvalue weighted by atomic mass is 9.85. The summed E-state index contributed by atoms with van der Waals surface area (Å²) >= 11 is 1.47. The zero-order chi connectivity index (χ0) is 9.38. The van der Waals surface area contributed by atoms with Crippen molar-refractivity contribution < 1.29 is 4.42 Å². The highest BCUT2D eigenvalue weighted by atomic mass is 32.1. The minimum absolute atomic E-state index is 0.549. The van der Waals surface area contributed by atoms with Crippen LogP contribution in [0.1, 0.15) is 31.1 Å². The van der Waals surface area contributed by atoms with Gasteiger partial charge in [0.1, 0.15) is 17.0 Å². The van der Waals surface area contributed by atoms with Crippen LogP contribution in [0.2, 0.25) is 0 Å². The van der Waals surface area contributed by atoms with Crippen molar-refractivity contribution in [2.75, 3.05) is 0 Å². The molecule has 14 heavy (non-hydrogen) atoms. The van der Waals surface area contributed by atoms with Crippen LogP contribution < -0.4 is 0 Å². The molecule has 0 atom stereocenters. The number of hydrogen-bond acceptors (Lipinski definition) is 4. The van der Waals surface area contributed by atoms with Gasteiger partial charge in [0, 0.05) is 12.1 Å². The molecule has 1 radical (unpaired) electrons. The van der Waals surface area contributed by atoms with E-state index in [0.717, 1.165) is 16.6 Å². The molecule has 2 heterocycles. The molecule has 0 amide bonds. The van der Waals surface area contributed by atoms with Gasteiger partial charge in [-0.2, -0.15) is 0 Å². The number of nitrogens with zero attached hydrogens (tertiary/aromatic N) is 2. The van der Waals surface area contributed by atoms with E-state index in [9.17, 15) is 0 Å². The van der Waals surface area contributed by atoms with Gasteiger partial charge in [-0.3, -0.25) is 0 Å². The first-order chi connectivity index (χ1) is 6.93. The average Bonchev–Trinajstić information content (AvgIpc) is 2.65. The molecule has 0 bridgehead atoms. The van der Waals surface area contributed by atoms with Crippen molar-refractivity contribution in [3.63, 3.8) is 0 Å². The maximum atomic E-state index is 5.43. The predicted octanol–water partition coefficient (Wildman–Crippen LogP) is 2.87. The molecule has 0 saturated heterocycles. The van der Waals surface area contributed by atoms with E-state index in [1.807, 2.05) is 0 Å². The highest BCUT2D eigenvalue weighted by Crippen LogP contribution is 2.36. The molecule has 0 unspecified atom stereocenters. The van der Waals surface area contributed by atoms with Gasteiger partial charge in [0.25, 0.3) is 0 Å². The van der Waals surface area contributed by atoms with Crippen molar-refractivity contribution in [1.82, 2.24) is 9.97 Å². The summed E-state index contributed by atoms with van der Waals surface area (Å²) in [7, 11) is 0. The van der Waals surface area contributed by atoms with Crippen LogP contribution in [0.4, 0.5) is 0 Å². The van der Waals surface area contributed by atoms with Crippen molar-refractivity contribution in [3.05, 3.63) is 23.7 Å². The normalized spacial score (nSPS) is 16.9. The third kappa shape index (κ3) is 1.26. The van der Waals surface area contributed by atoms with E-state index in [0.29, 0.717) is 5.92 Å². The number of oxazole rings is 1. The Morgan fingerprint density at radius 3 is 3.07 bits per heavy atom. The van der Waals surface area contributed by atoms with Crippen molar-refractivity contribution in [2.24, 2.45) is 0 Å². The summed E-state index contributed by atoms with van der Waals surface area (Å²) in [5, 5.41) is 3.83. The molecule has 2 aromatic rings. The predicted molar refractivity (Wildman–Crippen MR) is 53.0 cm³/mol. The maximum Gasteiger partial charge on any atom is 0.197 e. The van der Waals surface area contributed by atoms with Crippen molar-refractivity contribution in [1.29, 1.82) is 0 Å². The minimum atomic E-state index is 0.549. The highest BCUT2D eigenvalue weighted by Gasteiger charge is 2.24. The van der Waals surface area contributed by atoms with E-state index >= 15 is 0 Å². The van der Waals surface area contributed by atoms with Crippen LogP contribution >= 0.6 is 11.3 Å². The van der Waals surface area contributed by atoms with E-state index in [-0.39, 0.29) is 0 Å². The largest absolute Gasteiger partial charge is 0.448 e. The van der Waals surface area contributed by atoms with Crippen LogP contribution in [0, 0.1) is 5.38 Å². The molecule has 0 aliphatic heterocycles. The summed E-state index contributed by atoms with van der Waals surface area (Å²) in [4.78, 5) is 8.58. The Morgan fingerprint density at radius 1 is 1.50 bits per heavy atom. The van der Waals surface area contributed by atoms with E-state index in [1.54, 1.807) is 12.5 Å². The van der Waals surface area contributed by atoms with Crippen LogP contribution in [-0.2, 0) is 0 Å². The first-order valence-electron chi connectivity index (χ1n) is 4.71. The second kappa shape index (κ2) is 3.20. The van der Waals surface area contributed by atoms with Gasteiger partial charge in [0.05, 0.1) is 5.38 Å². The molecule has 3 nitrogen and oxygen atoms in total. The van der Waals surface area contributed by atoms with Gasteiger partial charge in [-0.05, 0) is 12.8 Å². The van der Waals surface area contributed by atoms with Gasteiger partial charge in [0.15, 0.2) is 5.89 Å². The second-order valence-electron chi connectivity index (χ2n) is 3.48. The molecule has 1 aliphatic carbocycles. The van der Waals surface area contributed by atoms with Gasteiger partial charge in [0.2, 0.25) is 0 Å². The summed E-state index contributed by atoms with van der Waals surface area (Å²) in [6.45, 7) is 0. The van der Waals surface area contributed by atoms with E-state index in [2.05, 4.69) is 15.3 Å². The lowest BCUT2D eigenvalue weighted by Crippen LogP contribution is -2.08. The Labute approximate surface area is 85.8 Å². The van der Waals surface area contributed by atoms with Crippen LogP contribution in [-0.4, -0.2) is 9.97 Å². The van der Waals surface area contributed by atoms with Gasteiger partial charge >= 0.3 is 0 Å². The first-order valence-corrected chi connectivity index (χ1v) is 5.53. The Balaban J connectivity index is 1.90. The lowest BCUT2D eigenvalue weighted by molar-refractivity contribution is 0.335. The van der Waals surface area contributed by atoms with Gasteiger partial charge in [-0.1, -0.05) is 6.42 Å². The Kier molecular flexibility index (Phi) is 1.87. The van der Waals surface area contributed by atoms with Gasteiger partial charge < -0.3 is 4.42 Å². The van der Waals surface area contributed by atoms with E-state index < -0.39 is 0 Å². The number of rotatable bonds is 2. The topological polar surface area (TPSA) is 38.9 Å². The van der Waals surface area contributed by atoms with Crippen LogP contribution in [0.15, 0.2) is 16.9 Å². The monoisotopic (exact) mass is 205 g/mol. The molecular weight excluding hydrogens is 196 g/mol. The molecule has 1 aliphatic rings. The lowest BCUT2D eigenvalue weighted by Gasteiger charge is -2.21. The number of thiazole rings is 1. The quantitative estimate of drug-likeness (QED) is 0.756. The fourth-order valence-corrected chi connectivity index (χ4v) is 2.06. The zero-order valence-corrected chi connectivity index (χ0v) is 8.38. The smallest absolute Gasteiger partial charge is 0.197 e. The molecule has 71 valence electrons. The Hall–Kier alpha value is -1.16. The first kappa shape index (κ1) is 8.17. The molecule has 0 aromatic carbocycles. The third-order valence-corrected chi connectivity index (χ3v) is 3.32. The van der Waals surface area contributed by atoms with Crippen LogP contribution in [0.25, 0.3) is 10.7 Å². The fraction of sp³-hybridized carbons (Fsp3) is 0.400. The molecular formula is C10H9N2OS. The SMILES string of the molecule is [c]1cnc(-c2coc(C3CCC3)n2)s1. The van der Waals surface area contributed by atoms with Crippen molar-refractivity contribution in [3.8, 4) is 10.7 Å². The maximum absolute atomic E-state index is 5.43. The van der Waals surface area contributed by atoms with Crippen LogP contribution in [0.3, 0.4) is 0 Å². The molecule has 1 saturated carbocycles. The van der Waals surface area contributed by atoms with Crippen molar-refractivity contribution in [2.45, 2.75) is 25.2 Å². The van der Waals surface area contributed by atoms with Crippen LogP contribution in [0.5, 0.6) is 0 Å². The zero-order valence-electron chi connectivity index (χ0n) is 7.56. The molecule has 0 N–H and O–H groups in total.